The van der Waals surface area contributed by atoms with Gasteiger partial charge in [-0.1, -0.05) is 65.7 Å². The van der Waals surface area contributed by atoms with Crippen LogP contribution in [-0.2, 0) is 11.4 Å². The van der Waals surface area contributed by atoms with Crippen LogP contribution in [0.25, 0.3) is 0 Å². The van der Waals surface area contributed by atoms with Crippen molar-refractivity contribution < 1.29 is 23.8 Å². The topological polar surface area (TPSA) is 98.3 Å². The summed E-state index contributed by atoms with van der Waals surface area (Å²) < 4.78 is 17.1. The highest BCUT2D eigenvalue weighted by Gasteiger charge is 2.12. The van der Waals surface area contributed by atoms with Gasteiger partial charge >= 0.3 is 0 Å². The molecule has 0 aliphatic rings. The standard InChI is InChI=1S/C31H27Cl2N3O5/c1-2-39-29-17-23(13-15-28(29)40-19-21-8-4-3-5-9-21)31(38)36-34-18-22-12-14-27(25(33)16-22)41-20-30(37)35-26-11-7-6-10-24(26)32/h3-18H,2,19-20H2,1H3,(H,35,37)(H,36,38)/b34-18+. The van der Waals surface area contributed by atoms with Crippen molar-refractivity contribution in [2.45, 2.75) is 13.5 Å². The fourth-order valence-corrected chi connectivity index (χ4v) is 4.04. The van der Waals surface area contributed by atoms with Gasteiger partial charge in [-0.3, -0.25) is 9.59 Å². The molecule has 2 N–H and O–H groups in total. The van der Waals surface area contributed by atoms with E-state index in [2.05, 4.69) is 15.8 Å². The van der Waals surface area contributed by atoms with Gasteiger partial charge in [0.2, 0.25) is 0 Å². The summed E-state index contributed by atoms with van der Waals surface area (Å²) in [5.74, 6) is 0.510. The number of nitrogens with one attached hydrogen (secondary N) is 2. The lowest BCUT2D eigenvalue weighted by atomic mass is 10.2. The van der Waals surface area contributed by atoms with E-state index in [9.17, 15) is 9.59 Å². The zero-order valence-electron chi connectivity index (χ0n) is 22.1. The number of nitrogens with zero attached hydrogens (tertiary/aromatic N) is 1. The molecule has 210 valence electrons. The number of benzene rings is 4. The second kappa shape index (κ2) is 14.7. The number of anilines is 1. The van der Waals surface area contributed by atoms with E-state index in [1.807, 2.05) is 37.3 Å². The molecule has 10 heteroatoms. The van der Waals surface area contributed by atoms with Gasteiger partial charge < -0.3 is 19.5 Å². The highest BCUT2D eigenvalue weighted by atomic mass is 35.5. The summed E-state index contributed by atoms with van der Waals surface area (Å²) in [5, 5.41) is 7.40. The molecule has 0 fully saturated rings. The molecule has 8 nitrogen and oxygen atoms in total. The van der Waals surface area contributed by atoms with Gasteiger partial charge in [-0.25, -0.2) is 5.43 Å². The summed E-state index contributed by atoms with van der Waals surface area (Å²) in [4.78, 5) is 24.9. The largest absolute Gasteiger partial charge is 0.490 e. The first-order valence-electron chi connectivity index (χ1n) is 12.7. The number of hydrogen-bond donors (Lipinski definition) is 2. The predicted octanol–water partition coefficient (Wildman–Crippen LogP) is 6.75. The predicted molar refractivity (Wildman–Crippen MR) is 160 cm³/mol. The zero-order chi connectivity index (χ0) is 29.0. The van der Waals surface area contributed by atoms with E-state index in [-0.39, 0.29) is 17.5 Å². The van der Waals surface area contributed by atoms with Crippen LogP contribution in [0.4, 0.5) is 5.69 Å². The number of carbonyl (C=O) groups is 2. The van der Waals surface area contributed by atoms with E-state index < -0.39 is 5.91 Å². The van der Waals surface area contributed by atoms with Crippen LogP contribution in [-0.4, -0.2) is 31.2 Å². The Labute approximate surface area is 247 Å². The Morgan fingerprint density at radius 3 is 2.32 bits per heavy atom. The van der Waals surface area contributed by atoms with Crippen molar-refractivity contribution in [3.8, 4) is 17.2 Å². The molecule has 0 atom stereocenters. The number of amides is 2. The molecule has 0 bridgehead atoms. The number of ether oxygens (including phenoxy) is 3. The van der Waals surface area contributed by atoms with E-state index in [0.29, 0.717) is 52.3 Å². The lowest BCUT2D eigenvalue weighted by Crippen LogP contribution is -2.20. The lowest BCUT2D eigenvalue weighted by molar-refractivity contribution is -0.118. The summed E-state index contributed by atoms with van der Waals surface area (Å²) >= 11 is 12.4. The number of rotatable bonds is 12. The Balaban J connectivity index is 1.31. The summed E-state index contributed by atoms with van der Waals surface area (Å²) in [6, 6.07) is 26.5. The molecular formula is C31H27Cl2N3O5. The van der Waals surface area contributed by atoms with E-state index >= 15 is 0 Å². The minimum Gasteiger partial charge on any atom is -0.490 e. The molecule has 0 radical (unpaired) electrons. The third-order valence-corrected chi connectivity index (χ3v) is 6.21. The molecule has 0 aliphatic heterocycles. The monoisotopic (exact) mass is 591 g/mol. The van der Waals surface area contributed by atoms with Gasteiger partial charge in [0, 0.05) is 5.56 Å². The molecule has 0 saturated heterocycles. The van der Waals surface area contributed by atoms with Gasteiger partial charge in [0.25, 0.3) is 11.8 Å². The van der Waals surface area contributed by atoms with Crippen molar-refractivity contribution in [3.63, 3.8) is 0 Å². The van der Waals surface area contributed by atoms with Gasteiger partial charge in [-0.15, -0.1) is 0 Å². The van der Waals surface area contributed by atoms with Gasteiger partial charge in [0.1, 0.15) is 12.4 Å². The van der Waals surface area contributed by atoms with Crippen molar-refractivity contribution in [3.05, 3.63) is 118 Å². The average Bonchev–Trinajstić information content (AvgIpc) is 2.98. The van der Waals surface area contributed by atoms with Gasteiger partial charge in [0.15, 0.2) is 18.1 Å². The van der Waals surface area contributed by atoms with Crippen LogP contribution >= 0.6 is 23.2 Å². The fraction of sp³-hybridized carbons (Fsp3) is 0.129. The maximum absolute atomic E-state index is 12.7. The van der Waals surface area contributed by atoms with Crippen LogP contribution in [0, 0.1) is 0 Å². The second-order valence-electron chi connectivity index (χ2n) is 8.57. The Kier molecular flexibility index (Phi) is 10.6. The molecule has 0 unspecified atom stereocenters. The number of halogens is 2. The van der Waals surface area contributed by atoms with Crippen LogP contribution < -0.4 is 25.0 Å². The SMILES string of the molecule is CCOc1cc(C(=O)N/N=C/c2ccc(OCC(=O)Nc3ccccc3Cl)c(Cl)c2)ccc1OCc1ccccc1. The highest BCUT2D eigenvalue weighted by molar-refractivity contribution is 6.33. The first-order valence-corrected chi connectivity index (χ1v) is 13.4. The van der Waals surface area contributed by atoms with Crippen LogP contribution in [0.3, 0.4) is 0 Å². The molecule has 4 rings (SSSR count). The van der Waals surface area contributed by atoms with Crippen molar-refractivity contribution >= 4 is 46.9 Å². The molecule has 0 aromatic heterocycles. The average molecular weight is 592 g/mol. The molecule has 0 aliphatic carbocycles. The molecule has 0 saturated carbocycles. The molecule has 4 aromatic carbocycles. The van der Waals surface area contributed by atoms with E-state index in [4.69, 9.17) is 37.4 Å². The van der Waals surface area contributed by atoms with E-state index in [1.54, 1.807) is 60.7 Å². The Morgan fingerprint density at radius 1 is 0.805 bits per heavy atom. The molecule has 0 spiro atoms. The number of hydrogen-bond acceptors (Lipinski definition) is 6. The third-order valence-electron chi connectivity index (χ3n) is 5.59. The zero-order valence-corrected chi connectivity index (χ0v) is 23.6. The number of carbonyl (C=O) groups excluding carboxylic acids is 2. The van der Waals surface area contributed by atoms with Crippen LogP contribution in [0.2, 0.25) is 10.0 Å². The number of hydrazone groups is 1. The normalized spacial score (nSPS) is 10.7. The minimum atomic E-state index is -0.424. The summed E-state index contributed by atoms with van der Waals surface area (Å²) in [5.41, 5.74) is 4.97. The summed E-state index contributed by atoms with van der Waals surface area (Å²) in [7, 11) is 0. The maximum atomic E-state index is 12.7. The quantitative estimate of drug-likeness (QED) is 0.140. The van der Waals surface area contributed by atoms with Crippen molar-refractivity contribution in [1.82, 2.24) is 5.43 Å². The summed E-state index contributed by atoms with van der Waals surface area (Å²) in [6.45, 7) is 2.39. The molecule has 4 aromatic rings. The Hall–Kier alpha value is -4.53. The molecule has 2 amide bonds. The number of para-hydroxylation sites is 1. The maximum Gasteiger partial charge on any atom is 0.271 e. The highest BCUT2D eigenvalue weighted by Crippen LogP contribution is 2.29. The van der Waals surface area contributed by atoms with Crippen molar-refractivity contribution in [1.29, 1.82) is 0 Å². The summed E-state index contributed by atoms with van der Waals surface area (Å²) in [6.07, 6.45) is 1.44. The van der Waals surface area contributed by atoms with Gasteiger partial charge in [-0.05, 0) is 66.6 Å². The van der Waals surface area contributed by atoms with Crippen LogP contribution in [0.15, 0.2) is 96.1 Å². The van der Waals surface area contributed by atoms with Crippen molar-refractivity contribution in [2.75, 3.05) is 18.5 Å². The van der Waals surface area contributed by atoms with Gasteiger partial charge in [-0.2, -0.15) is 5.10 Å². The van der Waals surface area contributed by atoms with Crippen LogP contribution in [0.1, 0.15) is 28.4 Å². The van der Waals surface area contributed by atoms with Crippen LogP contribution in [0.5, 0.6) is 17.2 Å². The molecular weight excluding hydrogens is 565 g/mol. The first kappa shape index (κ1) is 29.5. The second-order valence-corrected chi connectivity index (χ2v) is 9.39. The first-order chi connectivity index (χ1) is 19.9. The van der Waals surface area contributed by atoms with E-state index in [0.717, 1.165) is 5.56 Å². The Morgan fingerprint density at radius 2 is 1.56 bits per heavy atom. The fourth-order valence-electron chi connectivity index (χ4n) is 3.61. The molecule has 0 heterocycles. The molecule has 41 heavy (non-hydrogen) atoms. The van der Waals surface area contributed by atoms with Crippen molar-refractivity contribution in [2.24, 2.45) is 5.10 Å². The lowest BCUT2D eigenvalue weighted by Gasteiger charge is -2.13. The minimum absolute atomic E-state index is 0.256. The third kappa shape index (κ3) is 8.73. The van der Waals surface area contributed by atoms with E-state index in [1.165, 1.54) is 6.21 Å². The smallest absolute Gasteiger partial charge is 0.271 e. The Bertz CT molecular complexity index is 1530. The van der Waals surface area contributed by atoms with Gasteiger partial charge in [0.05, 0.1) is 28.6 Å².